The van der Waals surface area contributed by atoms with Crippen LogP contribution in [0, 0.1) is 6.92 Å². The van der Waals surface area contributed by atoms with Crippen molar-refractivity contribution in [3.05, 3.63) is 78.1 Å². The van der Waals surface area contributed by atoms with E-state index in [1.807, 2.05) is 30.6 Å². The summed E-state index contributed by atoms with van der Waals surface area (Å²) in [4.78, 5) is 11.3. The fourth-order valence-corrected chi connectivity index (χ4v) is 4.26. The molecule has 28 heavy (non-hydrogen) atoms. The Morgan fingerprint density at radius 2 is 2.00 bits per heavy atom. The van der Waals surface area contributed by atoms with Gasteiger partial charge in [-0.1, -0.05) is 19.4 Å². The Balaban J connectivity index is 1.82. The molecule has 3 aromatic rings. The van der Waals surface area contributed by atoms with Gasteiger partial charge in [-0.2, -0.15) is 0 Å². The Kier molecular flexibility index (Phi) is 5.39. The van der Waals surface area contributed by atoms with Gasteiger partial charge in [-0.15, -0.1) is 0 Å². The zero-order chi connectivity index (χ0) is 19.5. The van der Waals surface area contributed by atoms with E-state index in [1.54, 1.807) is 6.20 Å². The van der Waals surface area contributed by atoms with E-state index in [4.69, 9.17) is 12.2 Å². The number of hydrogen-bond acceptors (Lipinski definition) is 3. The highest BCUT2D eigenvalue weighted by Gasteiger charge is 2.41. The molecule has 0 bridgehead atoms. The molecule has 144 valence electrons. The summed E-state index contributed by atoms with van der Waals surface area (Å²) in [5.74, 6) is 0. The molecule has 0 amide bonds. The van der Waals surface area contributed by atoms with Gasteiger partial charge in [0.15, 0.2) is 5.11 Å². The number of unbranched alkanes of at least 4 members (excludes halogenated alkanes) is 1. The molecule has 1 saturated heterocycles. The summed E-state index contributed by atoms with van der Waals surface area (Å²) in [6.45, 7) is 5.26. The maximum atomic E-state index is 5.74. The SMILES string of the molecule is CCCCN1C(=S)N[C@H](c2ccccn2)[C@@H]1c1ccc(C)n1-c1cccnc1. The van der Waals surface area contributed by atoms with Gasteiger partial charge in [0.1, 0.15) is 0 Å². The smallest absolute Gasteiger partial charge is 0.170 e. The van der Waals surface area contributed by atoms with Gasteiger partial charge in [0.05, 0.1) is 29.7 Å². The van der Waals surface area contributed by atoms with E-state index in [0.717, 1.165) is 35.9 Å². The van der Waals surface area contributed by atoms with Gasteiger partial charge >= 0.3 is 0 Å². The first-order valence-electron chi connectivity index (χ1n) is 9.77. The molecular weight excluding hydrogens is 366 g/mol. The van der Waals surface area contributed by atoms with Crippen LogP contribution in [0.15, 0.2) is 61.1 Å². The van der Waals surface area contributed by atoms with Crippen molar-refractivity contribution in [2.75, 3.05) is 6.54 Å². The van der Waals surface area contributed by atoms with Crippen molar-refractivity contribution in [1.29, 1.82) is 0 Å². The molecule has 0 aromatic carbocycles. The highest BCUT2D eigenvalue weighted by Crippen LogP contribution is 2.40. The fourth-order valence-electron chi connectivity index (χ4n) is 3.92. The molecule has 1 N–H and O–H groups in total. The third-order valence-electron chi connectivity index (χ3n) is 5.26. The lowest BCUT2D eigenvalue weighted by Gasteiger charge is -2.29. The molecule has 6 heteroatoms. The second-order valence-corrected chi connectivity index (χ2v) is 7.51. The molecule has 1 aliphatic rings. The summed E-state index contributed by atoms with van der Waals surface area (Å²) in [6.07, 6.45) is 7.78. The fraction of sp³-hybridized carbons (Fsp3) is 0.318. The number of nitrogens with one attached hydrogen (secondary N) is 1. The van der Waals surface area contributed by atoms with Crippen molar-refractivity contribution in [3.8, 4) is 5.69 Å². The predicted octanol–water partition coefficient (Wildman–Crippen LogP) is 4.35. The Hall–Kier alpha value is -2.73. The van der Waals surface area contributed by atoms with E-state index >= 15 is 0 Å². The average molecular weight is 392 g/mol. The van der Waals surface area contributed by atoms with E-state index in [0.29, 0.717) is 0 Å². The van der Waals surface area contributed by atoms with Gasteiger partial charge in [0.2, 0.25) is 0 Å². The van der Waals surface area contributed by atoms with Crippen LogP contribution in [-0.2, 0) is 0 Å². The van der Waals surface area contributed by atoms with Gasteiger partial charge < -0.3 is 14.8 Å². The predicted molar refractivity (Wildman–Crippen MR) is 115 cm³/mol. The van der Waals surface area contributed by atoms with Crippen LogP contribution in [0.4, 0.5) is 0 Å². The Bertz CT molecular complexity index is 938. The molecule has 2 atom stereocenters. The zero-order valence-corrected chi connectivity index (χ0v) is 17.1. The molecule has 0 spiro atoms. The van der Waals surface area contributed by atoms with Crippen molar-refractivity contribution in [3.63, 3.8) is 0 Å². The van der Waals surface area contributed by atoms with Crippen molar-refractivity contribution in [2.45, 2.75) is 38.8 Å². The first-order valence-corrected chi connectivity index (χ1v) is 10.2. The molecule has 0 unspecified atom stereocenters. The molecular formula is C22H25N5S. The van der Waals surface area contributed by atoms with E-state index in [9.17, 15) is 0 Å². The molecule has 4 rings (SSSR count). The van der Waals surface area contributed by atoms with Crippen molar-refractivity contribution in [1.82, 2.24) is 24.8 Å². The average Bonchev–Trinajstić information content (AvgIpc) is 3.27. The Morgan fingerprint density at radius 1 is 1.11 bits per heavy atom. The molecule has 1 fully saturated rings. The van der Waals surface area contributed by atoms with Crippen LogP contribution in [0.1, 0.15) is 48.9 Å². The van der Waals surface area contributed by atoms with Crippen molar-refractivity contribution < 1.29 is 0 Å². The van der Waals surface area contributed by atoms with Crippen LogP contribution in [0.3, 0.4) is 0 Å². The third kappa shape index (κ3) is 3.40. The Labute approximate surface area is 171 Å². The summed E-state index contributed by atoms with van der Waals surface area (Å²) >= 11 is 5.74. The molecule has 4 heterocycles. The zero-order valence-electron chi connectivity index (χ0n) is 16.2. The normalized spacial score (nSPS) is 19.1. The second kappa shape index (κ2) is 8.10. The second-order valence-electron chi connectivity index (χ2n) is 7.12. The maximum Gasteiger partial charge on any atom is 0.170 e. The summed E-state index contributed by atoms with van der Waals surface area (Å²) in [5.41, 5.74) is 4.44. The largest absolute Gasteiger partial charge is 0.352 e. The van der Waals surface area contributed by atoms with E-state index in [1.165, 1.54) is 11.4 Å². The van der Waals surface area contributed by atoms with Crippen LogP contribution < -0.4 is 5.32 Å². The van der Waals surface area contributed by atoms with Gasteiger partial charge in [-0.3, -0.25) is 9.97 Å². The lowest BCUT2D eigenvalue weighted by Crippen LogP contribution is -2.31. The van der Waals surface area contributed by atoms with Crippen LogP contribution in [-0.4, -0.2) is 31.1 Å². The number of thiocarbonyl (C=S) groups is 1. The maximum absolute atomic E-state index is 5.74. The van der Waals surface area contributed by atoms with Crippen molar-refractivity contribution in [2.24, 2.45) is 0 Å². The van der Waals surface area contributed by atoms with Crippen molar-refractivity contribution >= 4 is 17.3 Å². The standard InChI is InChI=1S/C22H25N5S/c1-3-4-14-26-21(20(25-22(26)28)18-9-5-6-13-24-18)19-11-10-16(2)27(19)17-8-7-12-23-15-17/h5-13,15,20-21H,3-4,14H2,1-2H3,(H,25,28)/t20-,21+/m1/s1. The van der Waals surface area contributed by atoms with Crippen LogP contribution in [0.25, 0.3) is 5.69 Å². The molecule has 0 aliphatic carbocycles. The third-order valence-corrected chi connectivity index (χ3v) is 5.62. The number of aryl methyl sites for hydroxylation is 1. The summed E-state index contributed by atoms with van der Waals surface area (Å²) < 4.78 is 2.28. The van der Waals surface area contributed by atoms with Crippen LogP contribution in [0.2, 0.25) is 0 Å². The van der Waals surface area contributed by atoms with Gasteiger partial charge in [0, 0.05) is 30.3 Å². The van der Waals surface area contributed by atoms with Crippen LogP contribution in [0.5, 0.6) is 0 Å². The number of hydrogen-bond donors (Lipinski definition) is 1. The molecule has 0 radical (unpaired) electrons. The minimum Gasteiger partial charge on any atom is -0.352 e. The van der Waals surface area contributed by atoms with Crippen LogP contribution >= 0.6 is 12.2 Å². The molecule has 5 nitrogen and oxygen atoms in total. The first kappa shape index (κ1) is 18.6. The molecule has 0 saturated carbocycles. The van der Waals surface area contributed by atoms with E-state index in [2.05, 4.69) is 62.9 Å². The molecule has 3 aromatic heterocycles. The topological polar surface area (TPSA) is 46.0 Å². The number of nitrogens with zero attached hydrogens (tertiary/aromatic N) is 4. The monoisotopic (exact) mass is 391 g/mol. The highest BCUT2D eigenvalue weighted by atomic mass is 32.1. The summed E-state index contributed by atoms with van der Waals surface area (Å²) in [6, 6.07) is 14.6. The highest BCUT2D eigenvalue weighted by molar-refractivity contribution is 7.80. The lowest BCUT2D eigenvalue weighted by molar-refractivity contribution is 0.304. The minimum atomic E-state index is 0.00952. The minimum absolute atomic E-state index is 0.00952. The first-order chi connectivity index (χ1) is 13.7. The van der Waals surface area contributed by atoms with E-state index < -0.39 is 0 Å². The summed E-state index contributed by atoms with van der Waals surface area (Å²) in [5, 5.41) is 4.33. The van der Waals surface area contributed by atoms with Gasteiger partial charge in [0.25, 0.3) is 0 Å². The number of pyridine rings is 2. The van der Waals surface area contributed by atoms with E-state index in [-0.39, 0.29) is 12.1 Å². The van der Waals surface area contributed by atoms with Gasteiger partial charge in [-0.05, 0) is 62.0 Å². The Morgan fingerprint density at radius 3 is 2.71 bits per heavy atom. The van der Waals surface area contributed by atoms with Gasteiger partial charge in [-0.25, -0.2) is 0 Å². The lowest BCUT2D eigenvalue weighted by atomic mass is 10.0. The number of rotatable bonds is 6. The summed E-state index contributed by atoms with van der Waals surface area (Å²) in [7, 11) is 0. The quantitative estimate of drug-likeness (QED) is 0.633. The molecule has 1 aliphatic heterocycles. The number of aromatic nitrogens is 3.